The van der Waals surface area contributed by atoms with Gasteiger partial charge in [0.05, 0.1) is 0 Å². The zero-order valence-corrected chi connectivity index (χ0v) is 13.2. The quantitative estimate of drug-likeness (QED) is 0.406. The van der Waals surface area contributed by atoms with Crippen LogP contribution in [0.3, 0.4) is 0 Å². The van der Waals surface area contributed by atoms with Crippen LogP contribution in [0.4, 0.5) is 0 Å². The second-order valence-corrected chi connectivity index (χ2v) is 6.77. The predicted octanol–water partition coefficient (Wildman–Crippen LogP) is 2.78. The Labute approximate surface area is 134 Å². The SMILES string of the molecule is C=CCN1C(=O)/C(=C/c2cc3sccc3s2)C(=O)NC1=S. The molecule has 1 saturated heterocycles. The van der Waals surface area contributed by atoms with Gasteiger partial charge >= 0.3 is 0 Å². The standard InChI is InChI=1S/C14H10N2O2S3/c1-2-4-16-13(18)9(12(17)15-14(16)19)6-8-7-11-10(21-8)3-5-20-11/h2-3,5-7H,1,4H2,(H,15,17,19)/b9-6+. The lowest BCUT2D eigenvalue weighted by Crippen LogP contribution is -2.53. The molecule has 2 aromatic heterocycles. The van der Waals surface area contributed by atoms with Crippen LogP contribution in [0.25, 0.3) is 15.5 Å². The van der Waals surface area contributed by atoms with Crippen LogP contribution < -0.4 is 5.32 Å². The number of amides is 2. The molecule has 0 unspecified atom stereocenters. The highest BCUT2D eigenvalue weighted by Crippen LogP contribution is 2.31. The summed E-state index contributed by atoms with van der Waals surface area (Å²) in [7, 11) is 0. The summed E-state index contributed by atoms with van der Waals surface area (Å²) in [5, 5.41) is 4.67. The van der Waals surface area contributed by atoms with Crippen LogP contribution in [0.2, 0.25) is 0 Å². The van der Waals surface area contributed by atoms with Crippen molar-refractivity contribution in [1.82, 2.24) is 10.2 Å². The molecule has 0 atom stereocenters. The number of hydrogen-bond donors (Lipinski definition) is 1. The summed E-state index contributed by atoms with van der Waals surface area (Å²) < 4.78 is 2.29. The maximum absolute atomic E-state index is 12.4. The molecule has 4 nitrogen and oxygen atoms in total. The molecule has 2 amide bonds. The molecule has 1 N–H and O–H groups in total. The summed E-state index contributed by atoms with van der Waals surface area (Å²) in [4.78, 5) is 26.6. The van der Waals surface area contributed by atoms with E-state index in [2.05, 4.69) is 11.9 Å². The predicted molar refractivity (Wildman–Crippen MR) is 90.3 cm³/mol. The summed E-state index contributed by atoms with van der Waals surface area (Å²) in [5.41, 5.74) is 0.0966. The van der Waals surface area contributed by atoms with Crippen molar-refractivity contribution in [1.29, 1.82) is 0 Å². The number of fused-ring (bicyclic) bond motifs is 1. The van der Waals surface area contributed by atoms with Crippen LogP contribution in [-0.4, -0.2) is 28.4 Å². The van der Waals surface area contributed by atoms with Crippen molar-refractivity contribution in [2.45, 2.75) is 0 Å². The lowest BCUT2D eigenvalue weighted by atomic mass is 10.1. The van der Waals surface area contributed by atoms with Crippen molar-refractivity contribution in [3.63, 3.8) is 0 Å². The Balaban J connectivity index is 1.98. The van der Waals surface area contributed by atoms with Crippen LogP contribution in [0.1, 0.15) is 4.88 Å². The van der Waals surface area contributed by atoms with Gasteiger partial charge in [-0.15, -0.1) is 29.3 Å². The van der Waals surface area contributed by atoms with E-state index in [-0.39, 0.29) is 23.1 Å². The number of nitrogens with one attached hydrogen (secondary N) is 1. The van der Waals surface area contributed by atoms with Crippen molar-refractivity contribution in [2.75, 3.05) is 6.54 Å². The molecular formula is C14H10N2O2S3. The molecule has 0 spiro atoms. The first-order chi connectivity index (χ1) is 10.1. The maximum Gasteiger partial charge on any atom is 0.265 e. The van der Waals surface area contributed by atoms with Crippen molar-refractivity contribution < 1.29 is 9.59 Å². The topological polar surface area (TPSA) is 49.4 Å². The van der Waals surface area contributed by atoms with Crippen molar-refractivity contribution in [3.8, 4) is 0 Å². The Morgan fingerprint density at radius 3 is 2.90 bits per heavy atom. The van der Waals surface area contributed by atoms with Crippen LogP contribution >= 0.6 is 34.9 Å². The van der Waals surface area contributed by atoms with Crippen LogP contribution in [0.15, 0.2) is 35.7 Å². The largest absolute Gasteiger partial charge is 0.298 e. The molecule has 106 valence electrons. The molecular weight excluding hydrogens is 324 g/mol. The van der Waals surface area contributed by atoms with Gasteiger partial charge in [0, 0.05) is 20.8 Å². The second-order valence-electron chi connectivity index (χ2n) is 4.32. The molecule has 0 aliphatic carbocycles. The van der Waals surface area contributed by atoms with Gasteiger partial charge in [0.15, 0.2) is 5.11 Å². The highest BCUT2D eigenvalue weighted by Gasteiger charge is 2.32. The van der Waals surface area contributed by atoms with Crippen molar-refractivity contribution in [2.24, 2.45) is 0 Å². The Bertz CT molecular complexity index is 772. The molecule has 2 aromatic rings. The van der Waals surface area contributed by atoms with E-state index in [0.29, 0.717) is 0 Å². The van der Waals surface area contributed by atoms with E-state index in [4.69, 9.17) is 12.2 Å². The molecule has 1 aliphatic rings. The molecule has 21 heavy (non-hydrogen) atoms. The van der Waals surface area contributed by atoms with Gasteiger partial charge in [0.2, 0.25) is 0 Å². The molecule has 3 rings (SSSR count). The average Bonchev–Trinajstić information content (AvgIpc) is 3.00. The molecule has 7 heteroatoms. The fraction of sp³-hybridized carbons (Fsp3) is 0.0714. The summed E-state index contributed by atoms with van der Waals surface area (Å²) in [5.74, 6) is -0.845. The Hall–Kier alpha value is -1.83. The first-order valence-electron chi connectivity index (χ1n) is 6.07. The lowest BCUT2D eigenvalue weighted by Gasteiger charge is -2.27. The van der Waals surface area contributed by atoms with Crippen LogP contribution in [0.5, 0.6) is 0 Å². The highest BCUT2D eigenvalue weighted by atomic mass is 32.1. The van der Waals surface area contributed by atoms with Gasteiger partial charge in [-0.3, -0.25) is 19.8 Å². The number of nitrogens with zero attached hydrogens (tertiary/aromatic N) is 1. The highest BCUT2D eigenvalue weighted by molar-refractivity contribution is 7.80. The van der Waals surface area contributed by atoms with E-state index in [9.17, 15) is 9.59 Å². The van der Waals surface area contributed by atoms with E-state index in [1.807, 2.05) is 17.5 Å². The third kappa shape index (κ3) is 2.55. The maximum atomic E-state index is 12.4. The van der Waals surface area contributed by atoms with E-state index in [1.54, 1.807) is 34.8 Å². The van der Waals surface area contributed by atoms with Gasteiger partial charge in [-0.25, -0.2) is 0 Å². The molecule has 1 fully saturated rings. The molecule has 1 aliphatic heterocycles. The van der Waals surface area contributed by atoms with E-state index in [1.165, 1.54) is 4.90 Å². The summed E-state index contributed by atoms with van der Waals surface area (Å²) in [6.45, 7) is 3.86. The fourth-order valence-corrected chi connectivity index (χ4v) is 4.30. The number of hydrogen-bond acceptors (Lipinski definition) is 5. The Kier molecular flexibility index (Phi) is 3.71. The van der Waals surface area contributed by atoms with Gasteiger partial charge in [-0.1, -0.05) is 6.08 Å². The number of carbonyl (C=O) groups is 2. The number of carbonyl (C=O) groups excluding carboxylic acids is 2. The normalized spacial score (nSPS) is 17.6. The Morgan fingerprint density at radius 1 is 1.38 bits per heavy atom. The zero-order valence-electron chi connectivity index (χ0n) is 10.8. The number of rotatable bonds is 3. The summed E-state index contributed by atoms with van der Waals surface area (Å²) >= 11 is 8.18. The number of thiocarbonyl (C=S) groups is 1. The minimum atomic E-state index is -0.456. The Morgan fingerprint density at radius 2 is 2.19 bits per heavy atom. The third-order valence-corrected chi connectivity index (χ3v) is 5.31. The lowest BCUT2D eigenvalue weighted by molar-refractivity contribution is -0.128. The smallest absolute Gasteiger partial charge is 0.265 e. The molecule has 0 aromatic carbocycles. The van der Waals surface area contributed by atoms with E-state index >= 15 is 0 Å². The molecule has 0 saturated carbocycles. The minimum Gasteiger partial charge on any atom is -0.298 e. The van der Waals surface area contributed by atoms with Crippen molar-refractivity contribution >= 4 is 67.3 Å². The number of thiophene rings is 2. The monoisotopic (exact) mass is 334 g/mol. The molecule has 0 radical (unpaired) electrons. The van der Waals surface area contributed by atoms with Crippen LogP contribution in [0, 0.1) is 0 Å². The summed E-state index contributed by atoms with van der Waals surface area (Å²) in [6, 6.07) is 4.00. The first kappa shape index (κ1) is 14.1. The van der Waals surface area contributed by atoms with Crippen molar-refractivity contribution in [3.05, 3.63) is 40.6 Å². The fourth-order valence-electron chi connectivity index (χ4n) is 1.99. The van der Waals surface area contributed by atoms with E-state index < -0.39 is 5.91 Å². The van der Waals surface area contributed by atoms with E-state index in [0.717, 1.165) is 14.3 Å². The first-order valence-corrected chi connectivity index (χ1v) is 8.17. The summed E-state index contributed by atoms with van der Waals surface area (Å²) in [6.07, 6.45) is 3.19. The molecule has 0 bridgehead atoms. The van der Waals surface area contributed by atoms with Crippen LogP contribution in [-0.2, 0) is 9.59 Å². The second kappa shape index (κ2) is 5.51. The third-order valence-electron chi connectivity index (χ3n) is 2.94. The molecule has 3 heterocycles. The van der Waals surface area contributed by atoms with Gasteiger partial charge in [0.1, 0.15) is 5.57 Å². The average molecular weight is 334 g/mol. The van der Waals surface area contributed by atoms with Gasteiger partial charge in [-0.2, -0.15) is 0 Å². The zero-order chi connectivity index (χ0) is 15.0. The van der Waals surface area contributed by atoms with Gasteiger partial charge < -0.3 is 0 Å². The van der Waals surface area contributed by atoms with Gasteiger partial charge in [-0.05, 0) is 35.8 Å². The minimum absolute atomic E-state index is 0.0966. The van der Waals surface area contributed by atoms with Gasteiger partial charge in [0.25, 0.3) is 11.8 Å².